The molecule has 1 aromatic carbocycles. The Hall–Kier alpha value is -1.37. The zero-order valence-electron chi connectivity index (χ0n) is 7.99. The Morgan fingerprint density at radius 2 is 1.92 bits per heavy atom. The minimum Gasteiger partial charge on any atom is -0.256 e. The summed E-state index contributed by atoms with van der Waals surface area (Å²) in [6.45, 7) is 4.42. The second-order valence-electron chi connectivity index (χ2n) is 3.57. The molecule has 0 aliphatic rings. The number of pyridine rings is 1. The maximum atomic E-state index is 4.32. The molecule has 13 heavy (non-hydrogen) atoms. The van der Waals surface area contributed by atoms with Crippen LogP contribution in [0.1, 0.15) is 25.3 Å². The summed E-state index contributed by atoms with van der Waals surface area (Å²) in [4.78, 5) is 4.32. The molecule has 0 N–H and O–H groups in total. The van der Waals surface area contributed by atoms with Gasteiger partial charge in [0.2, 0.25) is 0 Å². The van der Waals surface area contributed by atoms with Crippen molar-refractivity contribution in [2.45, 2.75) is 19.8 Å². The third-order valence-electron chi connectivity index (χ3n) is 2.30. The number of hydrogen-bond acceptors (Lipinski definition) is 1. The normalized spacial score (nSPS) is 11.0. The molecule has 2 rings (SSSR count). The number of nitrogens with zero attached hydrogens (tertiary/aromatic N) is 1. The van der Waals surface area contributed by atoms with Gasteiger partial charge < -0.3 is 0 Å². The highest BCUT2D eigenvalue weighted by Gasteiger charge is 2.03. The number of hydrogen-bond donors (Lipinski definition) is 0. The maximum absolute atomic E-state index is 4.32. The molecule has 1 heterocycles. The minimum absolute atomic E-state index is 0.563. The summed E-state index contributed by atoms with van der Waals surface area (Å²) in [5.41, 5.74) is 2.47. The fourth-order valence-electron chi connectivity index (χ4n) is 1.63. The monoisotopic (exact) mass is 171 g/mol. The Bertz CT molecular complexity index is 413. The van der Waals surface area contributed by atoms with Crippen LogP contribution >= 0.6 is 0 Å². The van der Waals surface area contributed by atoms with Crippen molar-refractivity contribution >= 4 is 10.9 Å². The quantitative estimate of drug-likeness (QED) is 0.641. The van der Waals surface area contributed by atoms with E-state index in [1.165, 1.54) is 10.9 Å². The van der Waals surface area contributed by atoms with Crippen molar-refractivity contribution in [3.63, 3.8) is 0 Å². The van der Waals surface area contributed by atoms with Crippen molar-refractivity contribution in [1.29, 1.82) is 0 Å². The first-order chi connectivity index (χ1) is 6.29. The Morgan fingerprint density at radius 1 is 1.08 bits per heavy atom. The van der Waals surface area contributed by atoms with Crippen LogP contribution in [0, 0.1) is 0 Å². The molecule has 0 bridgehead atoms. The van der Waals surface area contributed by atoms with Crippen molar-refractivity contribution in [2.75, 3.05) is 0 Å². The SMILES string of the molecule is CC(C)c1cccc2ncccc12. The smallest absolute Gasteiger partial charge is 0.0704 e. The summed E-state index contributed by atoms with van der Waals surface area (Å²) < 4.78 is 0. The number of aromatic nitrogens is 1. The standard InChI is InChI=1S/C12H13N/c1-9(2)10-5-3-7-12-11(10)6-4-8-13-12/h3-9H,1-2H3. The van der Waals surface area contributed by atoms with E-state index in [-0.39, 0.29) is 0 Å². The molecule has 2 aromatic rings. The van der Waals surface area contributed by atoms with E-state index in [0.717, 1.165) is 5.52 Å². The van der Waals surface area contributed by atoms with E-state index < -0.39 is 0 Å². The highest BCUT2D eigenvalue weighted by molar-refractivity contribution is 5.82. The van der Waals surface area contributed by atoms with Gasteiger partial charge in [0.1, 0.15) is 0 Å². The molecule has 1 aromatic heterocycles. The molecular weight excluding hydrogens is 158 g/mol. The fourth-order valence-corrected chi connectivity index (χ4v) is 1.63. The maximum Gasteiger partial charge on any atom is 0.0704 e. The fraction of sp³-hybridized carbons (Fsp3) is 0.250. The zero-order valence-corrected chi connectivity index (χ0v) is 7.99. The van der Waals surface area contributed by atoms with Crippen LogP contribution in [0.2, 0.25) is 0 Å². The molecule has 1 heteroatoms. The van der Waals surface area contributed by atoms with Gasteiger partial charge >= 0.3 is 0 Å². The van der Waals surface area contributed by atoms with Gasteiger partial charge in [-0.25, -0.2) is 0 Å². The van der Waals surface area contributed by atoms with Gasteiger partial charge in [0.05, 0.1) is 5.52 Å². The molecule has 0 unspecified atom stereocenters. The molecule has 0 amide bonds. The lowest BCUT2D eigenvalue weighted by Gasteiger charge is -2.08. The molecule has 0 aliphatic heterocycles. The summed E-state index contributed by atoms with van der Waals surface area (Å²) in [7, 11) is 0. The lowest BCUT2D eigenvalue weighted by molar-refractivity contribution is 0.876. The minimum atomic E-state index is 0.563. The van der Waals surface area contributed by atoms with Crippen molar-refractivity contribution in [2.24, 2.45) is 0 Å². The molecule has 0 aliphatic carbocycles. The van der Waals surface area contributed by atoms with Gasteiger partial charge in [0.25, 0.3) is 0 Å². The van der Waals surface area contributed by atoms with E-state index >= 15 is 0 Å². The van der Waals surface area contributed by atoms with Crippen LogP contribution in [0.3, 0.4) is 0 Å². The molecule has 66 valence electrons. The second kappa shape index (κ2) is 3.17. The van der Waals surface area contributed by atoms with Crippen LogP contribution < -0.4 is 0 Å². The molecule has 0 fully saturated rings. The lowest BCUT2D eigenvalue weighted by atomic mass is 9.98. The van der Waals surface area contributed by atoms with E-state index in [2.05, 4.69) is 43.1 Å². The predicted octanol–water partition coefficient (Wildman–Crippen LogP) is 3.36. The van der Waals surface area contributed by atoms with Crippen LogP contribution in [0.25, 0.3) is 10.9 Å². The van der Waals surface area contributed by atoms with Crippen molar-refractivity contribution < 1.29 is 0 Å². The van der Waals surface area contributed by atoms with Crippen molar-refractivity contribution in [3.8, 4) is 0 Å². The van der Waals surface area contributed by atoms with E-state index in [9.17, 15) is 0 Å². The number of benzene rings is 1. The molecule has 0 radical (unpaired) electrons. The molecule has 0 spiro atoms. The summed E-state index contributed by atoms with van der Waals surface area (Å²) in [6.07, 6.45) is 1.84. The lowest BCUT2D eigenvalue weighted by Crippen LogP contribution is -1.89. The first-order valence-electron chi connectivity index (χ1n) is 4.62. The third-order valence-corrected chi connectivity index (χ3v) is 2.30. The summed E-state index contributed by atoms with van der Waals surface area (Å²) >= 11 is 0. The van der Waals surface area contributed by atoms with Crippen LogP contribution in [-0.2, 0) is 0 Å². The largest absolute Gasteiger partial charge is 0.256 e. The number of fused-ring (bicyclic) bond motifs is 1. The van der Waals surface area contributed by atoms with Crippen LogP contribution in [0.15, 0.2) is 36.5 Å². The van der Waals surface area contributed by atoms with Gasteiger partial charge in [-0.3, -0.25) is 4.98 Å². The van der Waals surface area contributed by atoms with Gasteiger partial charge in [-0.1, -0.05) is 32.0 Å². The zero-order chi connectivity index (χ0) is 9.26. The summed E-state index contributed by atoms with van der Waals surface area (Å²) in [6, 6.07) is 10.4. The highest BCUT2D eigenvalue weighted by Crippen LogP contribution is 2.23. The molecular formula is C12H13N. The average Bonchev–Trinajstić information content (AvgIpc) is 2.17. The van der Waals surface area contributed by atoms with Crippen molar-refractivity contribution in [1.82, 2.24) is 4.98 Å². The van der Waals surface area contributed by atoms with Gasteiger partial charge in [-0.15, -0.1) is 0 Å². The first kappa shape index (κ1) is 8.24. The highest BCUT2D eigenvalue weighted by atomic mass is 14.6. The van der Waals surface area contributed by atoms with Gasteiger partial charge in [-0.2, -0.15) is 0 Å². The molecule has 0 saturated carbocycles. The van der Waals surface area contributed by atoms with Crippen LogP contribution in [-0.4, -0.2) is 4.98 Å². The van der Waals surface area contributed by atoms with E-state index in [0.29, 0.717) is 5.92 Å². The average molecular weight is 171 g/mol. The Kier molecular flexibility index (Phi) is 2.01. The second-order valence-corrected chi connectivity index (χ2v) is 3.57. The molecule has 1 nitrogen and oxygen atoms in total. The van der Waals surface area contributed by atoms with E-state index in [1.54, 1.807) is 0 Å². The third kappa shape index (κ3) is 1.42. The van der Waals surface area contributed by atoms with Crippen LogP contribution in [0.4, 0.5) is 0 Å². The van der Waals surface area contributed by atoms with Gasteiger partial charge in [0.15, 0.2) is 0 Å². The van der Waals surface area contributed by atoms with E-state index in [1.807, 2.05) is 12.3 Å². The van der Waals surface area contributed by atoms with Crippen LogP contribution in [0.5, 0.6) is 0 Å². The molecule has 0 atom stereocenters. The number of rotatable bonds is 1. The molecule has 0 saturated heterocycles. The Labute approximate surface area is 78.4 Å². The van der Waals surface area contributed by atoms with Crippen molar-refractivity contribution in [3.05, 3.63) is 42.1 Å². The summed E-state index contributed by atoms with van der Waals surface area (Å²) in [5, 5.41) is 1.28. The topological polar surface area (TPSA) is 12.9 Å². The Balaban J connectivity index is 2.76. The van der Waals surface area contributed by atoms with Gasteiger partial charge in [0, 0.05) is 11.6 Å². The summed E-state index contributed by atoms with van der Waals surface area (Å²) in [5.74, 6) is 0.563. The van der Waals surface area contributed by atoms with Gasteiger partial charge in [-0.05, 0) is 23.6 Å². The van der Waals surface area contributed by atoms with E-state index in [4.69, 9.17) is 0 Å². The first-order valence-corrected chi connectivity index (χ1v) is 4.62. The Morgan fingerprint density at radius 3 is 2.69 bits per heavy atom. The predicted molar refractivity (Wildman–Crippen MR) is 55.8 cm³/mol.